The minimum absolute atomic E-state index is 0. The van der Waals surface area contributed by atoms with Gasteiger partial charge >= 0.3 is 0 Å². The molecule has 17 nitrogen and oxygen atoms in total. The summed E-state index contributed by atoms with van der Waals surface area (Å²) in [5.74, 6) is 0. The number of hydrogen-bond acceptors (Lipinski definition) is 17. The lowest BCUT2D eigenvalue weighted by Crippen LogP contribution is -2.42. The molecule has 0 radical (unpaired) electrons. The van der Waals surface area contributed by atoms with Crippen molar-refractivity contribution in [2.45, 2.75) is 253 Å². The van der Waals surface area contributed by atoms with E-state index in [0.29, 0.717) is 44.6 Å². The summed E-state index contributed by atoms with van der Waals surface area (Å²) in [6.45, 7) is 25.8. The summed E-state index contributed by atoms with van der Waals surface area (Å²) < 4.78 is 103. The van der Waals surface area contributed by atoms with Gasteiger partial charge in [0, 0.05) is 4.43 Å². The molecule has 137 heavy (non-hydrogen) atoms. The zero-order chi connectivity index (χ0) is 99.6. The number of aliphatic hydroxyl groups excluding tert-OH is 6. The van der Waals surface area contributed by atoms with Crippen molar-refractivity contribution in [3.05, 3.63) is 402 Å². The molecule has 0 unspecified atom stereocenters. The van der Waals surface area contributed by atoms with Crippen molar-refractivity contribution in [3.8, 4) is 0 Å². The highest BCUT2D eigenvalue weighted by Gasteiger charge is 2.34. The lowest BCUT2D eigenvalue weighted by molar-refractivity contribution is 0.0885. The van der Waals surface area contributed by atoms with Crippen molar-refractivity contribution < 1.29 is 77.3 Å². The molecule has 0 aliphatic carbocycles. The molecule has 0 saturated heterocycles. The van der Waals surface area contributed by atoms with Gasteiger partial charge in [-0.3, -0.25) is 12.5 Å². The number of aryl methyl sites for hydroxylation is 11. The van der Waals surface area contributed by atoms with Crippen LogP contribution < -0.4 is 0 Å². The maximum atomic E-state index is 12.6. The maximum absolute atomic E-state index is 12.6. The summed E-state index contributed by atoms with van der Waals surface area (Å²) >= 11 is 2.48. The Labute approximate surface area is 845 Å². The Morgan fingerprint density at radius 1 is 0.292 bits per heavy atom. The number of alkyl halides is 1. The van der Waals surface area contributed by atoms with E-state index in [9.17, 15) is 35.5 Å². The van der Waals surface area contributed by atoms with E-state index in [1.165, 1.54) is 75.8 Å². The first kappa shape index (κ1) is 123. The van der Waals surface area contributed by atoms with Crippen LogP contribution in [0, 0.1) is 20.8 Å². The molecule has 0 fully saturated rings. The van der Waals surface area contributed by atoms with Gasteiger partial charge in [0.25, 0.3) is 30.4 Å². The van der Waals surface area contributed by atoms with Gasteiger partial charge in [0.15, 0.2) is 16.6 Å². The van der Waals surface area contributed by atoms with Crippen molar-refractivity contribution in [2.24, 2.45) is 0 Å². The fourth-order valence-corrected chi connectivity index (χ4v) is 23.5. The number of hydrogen-bond donors (Lipinski definition) is 6. The Balaban J connectivity index is 0.000000413. The molecule has 0 spiro atoms. The third-order valence-electron chi connectivity index (χ3n) is 23.1. The van der Waals surface area contributed by atoms with Crippen molar-refractivity contribution in [2.75, 3.05) is 37.5 Å². The molecule has 11 aromatic rings. The van der Waals surface area contributed by atoms with E-state index in [1.54, 1.807) is 48.5 Å². The Hall–Kier alpha value is -8.18. The lowest BCUT2D eigenvalue weighted by Gasteiger charge is -2.33. The maximum Gasteiger partial charge on any atom is 0.297 e. The highest BCUT2D eigenvalue weighted by atomic mass is 127. The molecule has 11 aromatic carbocycles. The van der Waals surface area contributed by atoms with Gasteiger partial charge in [0.2, 0.25) is 0 Å². The molecule has 0 amide bonds. The van der Waals surface area contributed by atoms with Crippen LogP contribution in [0.15, 0.2) is 355 Å². The monoisotopic (exact) mass is 2090 g/mol. The van der Waals surface area contributed by atoms with E-state index in [2.05, 4.69) is 168 Å². The van der Waals surface area contributed by atoms with Crippen molar-refractivity contribution in [1.82, 2.24) is 0 Å². The molecule has 6 atom stereocenters. The van der Waals surface area contributed by atoms with Crippen LogP contribution in [0.3, 0.4) is 0 Å². The zero-order valence-electron chi connectivity index (χ0n) is 82.1. The van der Waals surface area contributed by atoms with Crippen LogP contribution in [0.2, 0.25) is 36.3 Å². The van der Waals surface area contributed by atoms with Gasteiger partial charge in [-0.15, -0.1) is 13.2 Å². The first-order valence-corrected chi connectivity index (χ1v) is 58.6. The summed E-state index contributed by atoms with van der Waals surface area (Å²) in [7, 11) is -14.7. The van der Waals surface area contributed by atoms with Crippen LogP contribution in [-0.2, 0) is 103 Å². The van der Waals surface area contributed by atoms with E-state index in [1.807, 2.05) is 185 Å². The number of rotatable bonds is 49. The van der Waals surface area contributed by atoms with Gasteiger partial charge in [0.05, 0.1) is 84.3 Å². The van der Waals surface area contributed by atoms with Crippen molar-refractivity contribution in [1.29, 1.82) is 0 Å². The smallest absolute Gasteiger partial charge is 0.297 e. The highest BCUT2D eigenvalue weighted by Crippen LogP contribution is 2.29. The second-order valence-corrected chi connectivity index (χ2v) is 48.7. The molecule has 0 aromatic heterocycles. The van der Waals surface area contributed by atoms with Crippen LogP contribution in [-0.4, -0.2) is 147 Å². The number of benzene rings is 11. The Morgan fingerprint density at radius 3 is 0.701 bits per heavy atom. The summed E-state index contributed by atoms with van der Waals surface area (Å²) in [4.78, 5) is 0.400. The van der Waals surface area contributed by atoms with Crippen LogP contribution in [0.1, 0.15) is 154 Å². The molecular formula is C113H155IO17S4Si2. The lowest BCUT2D eigenvalue weighted by atomic mass is 10.1. The van der Waals surface area contributed by atoms with Gasteiger partial charge in [0.1, 0.15) is 0 Å². The van der Waals surface area contributed by atoms with Crippen LogP contribution in [0.4, 0.5) is 0 Å². The summed E-state index contributed by atoms with van der Waals surface area (Å²) in [6.07, 6.45) is 14.7. The zero-order valence-corrected chi connectivity index (χ0v) is 89.7. The first-order valence-electron chi connectivity index (χ1n) is 47.8. The Morgan fingerprint density at radius 2 is 0.489 bits per heavy atom. The standard InChI is InChI=1S/C23H34O4SSi.2C17H20O4S.C16H27IOSi.2C10H14O2.2C10H12.H2S/c1-5-29(6-2,7-3)27-22(16-15-21-11-9-8-10-12-21)19-26-28(24,25)23-17-13-20(4)14-18-23;2*1-14-7-11-17(12-8-14)22(19,20)21-13-16(18)10-9-15-5-3-2-4-6-15;1-4-19(5-2,6-3)18-16(14-17)13-12-15-10-8-7-9-11-15;2*11-8-10(12)7-6-9-4-2-1-3-5-9;2*1-2-3-7-10-8-5-4-6-9-10;/h8-14,17-18,22H,5-7,15-16,19H2,1-4H3;2*2-8,11-12,16,18H,9-10,13H2,1H3;7-11,16H,4-6,12-14H2,1-3H3;2*1-5,10-12H,6-8H2;2*2,4-6,8-9H,1,3,7H2;1H2/t22-;3*16-;2*10-;;;/m000000.../s1. The topological polar surface area (TPSA) is 270 Å². The fourth-order valence-electron chi connectivity index (χ4n) is 13.9. The van der Waals surface area contributed by atoms with E-state index in [4.69, 9.17) is 41.8 Å². The molecule has 0 bridgehead atoms. The summed E-state index contributed by atoms with van der Waals surface area (Å²) in [5.41, 5.74) is 13.0. The molecule has 0 aliphatic heterocycles. The van der Waals surface area contributed by atoms with Crippen LogP contribution in [0.25, 0.3) is 0 Å². The second-order valence-electron chi connectivity index (χ2n) is 33.5. The normalized spacial score (nSPS) is 12.5. The van der Waals surface area contributed by atoms with E-state index in [-0.39, 0.29) is 67.3 Å². The van der Waals surface area contributed by atoms with E-state index >= 15 is 0 Å². The molecule has 0 saturated carbocycles. The first-order chi connectivity index (χ1) is 65.5. The average Bonchev–Trinajstić information content (AvgIpc) is 0.804. The van der Waals surface area contributed by atoms with E-state index < -0.39 is 71.4 Å². The van der Waals surface area contributed by atoms with Gasteiger partial charge in [-0.25, -0.2) is 0 Å². The minimum Gasteiger partial charge on any atom is -0.413 e. The van der Waals surface area contributed by atoms with Gasteiger partial charge < -0.3 is 39.5 Å². The Kier molecular flexibility index (Phi) is 64.8. The molecule has 0 heterocycles. The van der Waals surface area contributed by atoms with Crippen molar-refractivity contribution >= 4 is 83.1 Å². The number of aliphatic hydroxyl groups is 6. The third-order valence-corrected chi connectivity index (χ3v) is 37.3. The number of halogens is 1. The molecule has 24 heteroatoms. The largest absolute Gasteiger partial charge is 0.413 e. The van der Waals surface area contributed by atoms with Crippen LogP contribution >= 0.6 is 36.1 Å². The summed E-state index contributed by atoms with van der Waals surface area (Å²) in [5, 5.41) is 55.0. The second kappa shape index (κ2) is 72.1. The molecule has 11 rings (SSSR count). The van der Waals surface area contributed by atoms with Crippen molar-refractivity contribution in [3.63, 3.8) is 0 Å². The summed E-state index contributed by atoms with van der Waals surface area (Å²) in [6, 6.07) is 108. The van der Waals surface area contributed by atoms with Gasteiger partial charge in [-0.05, 0) is 241 Å². The number of allylic oxidation sites excluding steroid dienone is 2. The fraction of sp³-hybridized carbons (Fsp3) is 0.381. The minimum atomic E-state index is -3.82. The average molecular weight is 2100 g/mol. The van der Waals surface area contributed by atoms with E-state index in [0.717, 1.165) is 115 Å². The third kappa shape index (κ3) is 53.9. The highest BCUT2D eigenvalue weighted by molar-refractivity contribution is 14.1. The Bertz CT molecular complexity index is 4970. The van der Waals surface area contributed by atoms with Gasteiger partial charge in [-0.1, -0.05) is 372 Å². The molecular weight excluding hydrogens is 1940 g/mol. The predicted octanol–water partition coefficient (Wildman–Crippen LogP) is 24.2. The SMILES string of the molecule is C=CCCc1ccccc1.C=CCCc1ccccc1.CC[Si](CC)(CC)O[C@@H](CCc1ccccc1)COS(=O)(=O)c1ccc(C)cc1.CC[Si](CC)(CC)O[C@H](CI)CCc1ccccc1.Cc1ccc(S(=O)(=O)OC[C@@H](O)CCc2ccccc2)cc1.Cc1ccc(S(=O)(=O)OC[C@@H](O)CCc2ccccc2)cc1.OC[C@@H](O)CCc1ccccc1.OC[C@@H](O)CCc1ccccc1.S. The molecule has 748 valence electrons. The van der Waals surface area contributed by atoms with Gasteiger partial charge in [-0.2, -0.15) is 38.7 Å². The predicted molar refractivity (Wildman–Crippen MR) is 583 cm³/mol. The molecule has 6 N–H and O–H groups in total. The molecule has 0 aliphatic rings. The quantitative estimate of drug-likeness (QED) is 0.00680. The van der Waals surface area contributed by atoms with Crippen LogP contribution in [0.5, 0.6) is 0 Å².